The molecule has 6 bridgehead atoms. The Morgan fingerprint density at radius 2 is 0.500 bits per heavy atom. The predicted molar refractivity (Wildman–Crippen MR) is 401 cm³/mol. The van der Waals surface area contributed by atoms with Gasteiger partial charge in [0, 0.05) is 114 Å². The molecule has 0 radical (unpaired) electrons. The number of allylic oxidation sites excluding steroid dienone is 2. The number of fused-ring (bicyclic) bond motifs is 2. The molecule has 102 heavy (non-hydrogen) atoms. The van der Waals surface area contributed by atoms with Crippen LogP contribution in [0.15, 0.2) is 230 Å². The van der Waals surface area contributed by atoms with Crippen molar-refractivity contribution in [3.05, 3.63) is 319 Å². The Balaban J connectivity index is 0.931. The molecule has 12 nitrogen and oxygen atoms in total. The van der Waals surface area contributed by atoms with Crippen LogP contribution in [0.5, 0.6) is 0 Å². The van der Waals surface area contributed by atoms with Crippen molar-refractivity contribution in [3.63, 3.8) is 0 Å². The fourth-order valence-corrected chi connectivity index (χ4v) is 16.8. The topological polar surface area (TPSA) is 162 Å². The molecule has 3 heterocycles. The summed E-state index contributed by atoms with van der Waals surface area (Å²) in [7, 11) is 0. The van der Waals surface area contributed by atoms with Gasteiger partial charge in [-0.3, -0.25) is 29.4 Å². The Morgan fingerprint density at radius 1 is 0.265 bits per heavy atom. The van der Waals surface area contributed by atoms with Crippen molar-refractivity contribution in [3.8, 4) is 36.4 Å². The van der Waals surface area contributed by atoms with E-state index in [1.807, 2.05) is 72.8 Å². The summed E-state index contributed by atoms with van der Waals surface area (Å²) in [4.78, 5) is 16.4. The van der Waals surface area contributed by atoms with Gasteiger partial charge >= 0.3 is 0 Å². The maximum Gasteiger partial charge on any atom is 0.0991 e. The minimum absolute atomic E-state index is 0.0465. The zero-order valence-electron chi connectivity index (χ0n) is 58.5. The monoisotopic (exact) mass is 1340 g/mol. The van der Waals surface area contributed by atoms with Gasteiger partial charge in [0.1, 0.15) is 0 Å². The van der Waals surface area contributed by atoms with Crippen LogP contribution < -0.4 is 0 Å². The fourth-order valence-electron chi connectivity index (χ4n) is 16.8. The molecule has 3 fully saturated rings. The Morgan fingerprint density at radius 3 is 0.765 bits per heavy atom. The van der Waals surface area contributed by atoms with E-state index in [-0.39, 0.29) is 42.3 Å². The first-order valence-corrected chi connectivity index (χ1v) is 36.8. The molecule has 0 aromatic heterocycles. The van der Waals surface area contributed by atoms with E-state index in [0.717, 1.165) is 129 Å². The summed E-state index contributed by atoms with van der Waals surface area (Å²) in [5, 5.41) is 59.7. The summed E-state index contributed by atoms with van der Waals surface area (Å²) in [6, 6.07) is 83.1. The normalized spacial score (nSPS) is 22.1. The summed E-state index contributed by atoms with van der Waals surface area (Å²) in [5.74, 6) is 0. The van der Waals surface area contributed by atoms with Crippen molar-refractivity contribution in [2.75, 3.05) is 6.54 Å². The molecule has 0 N–H and O–H groups in total. The maximum atomic E-state index is 9.98. The maximum absolute atomic E-state index is 9.98. The first kappa shape index (κ1) is 70.1. The molecule has 4 aliphatic carbocycles. The highest BCUT2D eigenvalue weighted by Crippen LogP contribution is 2.38. The third-order valence-corrected chi connectivity index (χ3v) is 22.1. The van der Waals surface area contributed by atoms with Gasteiger partial charge in [0.05, 0.1) is 69.8 Å². The average molecular weight is 1340 g/mol. The van der Waals surface area contributed by atoms with Crippen molar-refractivity contribution in [1.82, 2.24) is 29.4 Å². The molecule has 7 aliphatic rings. The van der Waals surface area contributed by atoms with Gasteiger partial charge in [0.2, 0.25) is 0 Å². The van der Waals surface area contributed by atoms with Crippen LogP contribution in [0.3, 0.4) is 0 Å². The summed E-state index contributed by atoms with van der Waals surface area (Å²) in [5.41, 5.74) is 17.2. The van der Waals surface area contributed by atoms with Crippen molar-refractivity contribution in [2.45, 2.75) is 185 Å². The number of nitrogens with zero attached hydrogens (tertiary/aromatic N) is 12. The van der Waals surface area contributed by atoms with Gasteiger partial charge in [-0.05, 0) is 173 Å². The molecule has 3 saturated carbocycles. The van der Waals surface area contributed by atoms with E-state index >= 15 is 0 Å². The summed E-state index contributed by atoms with van der Waals surface area (Å²) in [6.07, 6.45) is 24.8. The van der Waals surface area contributed by atoms with Gasteiger partial charge < -0.3 is 0 Å². The van der Waals surface area contributed by atoms with Gasteiger partial charge in [0.25, 0.3) is 0 Å². The summed E-state index contributed by atoms with van der Waals surface area (Å²) >= 11 is 0. The molecular formula is C90H90N12. The second kappa shape index (κ2) is 34.4. The second-order valence-electron chi connectivity index (χ2n) is 28.9. The fraction of sp³-hybridized carbons (Fsp3) is 0.333. The van der Waals surface area contributed by atoms with E-state index in [9.17, 15) is 31.6 Å². The first-order chi connectivity index (χ1) is 50.2. The number of hydrogen-bond donors (Lipinski definition) is 0. The Labute approximate surface area is 604 Å². The molecule has 3 aliphatic heterocycles. The van der Waals surface area contributed by atoms with Crippen molar-refractivity contribution in [2.24, 2.45) is 0 Å². The van der Waals surface area contributed by atoms with Gasteiger partial charge in [0.15, 0.2) is 0 Å². The highest BCUT2D eigenvalue weighted by molar-refractivity contribution is 5.39. The van der Waals surface area contributed by atoms with Crippen LogP contribution in [0, 0.1) is 68.0 Å². The molecule has 0 saturated heterocycles. The predicted octanol–water partition coefficient (Wildman–Crippen LogP) is 17.0. The molecule has 1 unspecified atom stereocenters. The minimum Gasteiger partial charge on any atom is -0.290 e. The highest BCUT2D eigenvalue weighted by atomic mass is 15.3. The lowest BCUT2D eigenvalue weighted by molar-refractivity contribution is 0.0282. The molecule has 0 spiro atoms. The molecule has 15 rings (SSSR count). The van der Waals surface area contributed by atoms with E-state index in [4.69, 9.17) is 0 Å². The SMILES string of the molecule is N#Cc1ccc(CN2CC3=CC=CC(C=C3)N(Cc3ccc(C#N)cc3)[C@@H]3CCCC[C@H]3N(Cc3ccc(C#N)cc3)Cc3ccc(cc3)CN(Cc3ccc(C#N)cc3)[C@@H]3CCCC[C@H]3N(Cc3ccc(C#N)cc3)Cc3ccc(cc3)CN(Cc3ccc(C#N)cc3)[C@@H]3CCCC[C@H]32)cc1. The second-order valence-corrected chi connectivity index (χ2v) is 28.9. The summed E-state index contributed by atoms with van der Waals surface area (Å²) in [6.45, 7) is 8.00. The van der Waals surface area contributed by atoms with Crippen LogP contribution in [0.25, 0.3) is 0 Å². The lowest BCUT2D eigenvalue weighted by atomic mass is 9.86. The van der Waals surface area contributed by atoms with Gasteiger partial charge in [-0.1, -0.05) is 190 Å². The molecule has 7 atom stereocenters. The van der Waals surface area contributed by atoms with Crippen molar-refractivity contribution >= 4 is 0 Å². The van der Waals surface area contributed by atoms with E-state index < -0.39 is 0 Å². The van der Waals surface area contributed by atoms with Crippen molar-refractivity contribution < 1.29 is 0 Å². The highest BCUT2D eigenvalue weighted by Gasteiger charge is 2.39. The van der Waals surface area contributed by atoms with Crippen LogP contribution in [-0.4, -0.2) is 78.2 Å². The van der Waals surface area contributed by atoms with Gasteiger partial charge in [-0.2, -0.15) is 31.6 Å². The van der Waals surface area contributed by atoms with E-state index in [1.165, 1.54) is 61.2 Å². The van der Waals surface area contributed by atoms with Gasteiger partial charge in [-0.15, -0.1) is 0 Å². The molecule has 8 aromatic rings. The number of hydrogen-bond acceptors (Lipinski definition) is 12. The van der Waals surface area contributed by atoms with Crippen LogP contribution in [0.2, 0.25) is 0 Å². The average Bonchev–Trinajstić information content (AvgIpc) is 1.72. The number of rotatable bonds is 12. The van der Waals surface area contributed by atoms with Crippen LogP contribution in [-0.2, 0) is 65.4 Å². The van der Waals surface area contributed by atoms with Crippen LogP contribution in [0.4, 0.5) is 0 Å². The van der Waals surface area contributed by atoms with E-state index in [1.54, 1.807) is 0 Å². The van der Waals surface area contributed by atoms with Crippen molar-refractivity contribution in [1.29, 1.82) is 31.6 Å². The minimum atomic E-state index is -0.0465. The van der Waals surface area contributed by atoms with E-state index in [0.29, 0.717) is 53.0 Å². The number of nitriles is 6. The first-order valence-electron chi connectivity index (χ1n) is 36.8. The number of benzene rings is 8. The molecule has 0 amide bonds. The standard InChI is InChI=1S/C90H90N12/c91-50-67-16-28-74(29-17-67)57-97-56-73-8-7-9-84(49-48-73)102(66-83-38-26-72(55-96)27-39-83)90-15-6-5-14-89(90)101(64-78-36-24-71(54-95)25-37-78)65-82-46-44-81(45-47-82)63-100(60-77-34-22-70(53-94)23-35-77)88-13-4-3-12-87(88)99(59-76-32-20-69(52-93)21-33-76)62-80-42-40-79(41-43-80)61-98(86-11-2-1-10-85(86)97)58-75-30-18-68(51-92)19-31-75/h7-9,16-49,84-90H,1-6,10-15,56-66H2/t84?,85-,86-,87-,88-,89-,90-/m1/s1. The lowest BCUT2D eigenvalue weighted by Gasteiger charge is -2.47. The Kier molecular flexibility index (Phi) is 23.6. The zero-order chi connectivity index (χ0) is 70.0. The third kappa shape index (κ3) is 18.0. The molecule has 8 aromatic carbocycles. The zero-order valence-corrected chi connectivity index (χ0v) is 58.5. The Bertz CT molecular complexity index is 4460. The van der Waals surface area contributed by atoms with Crippen LogP contribution in [0.1, 0.15) is 166 Å². The van der Waals surface area contributed by atoms with Gasteiger partial charge in [-0.25, -0.2) is 0 Å². The Hall–Kier alpha value is -10.3. The largest absolute Gasteiger partial charge is 0.290 e. The molecular weight excluding hydrogens is 1250 g/mol. The molecule has 12 heteroatoms. The molecule has 510 valence electrons. The summed E-state index contributed by atoms with van der Waals surface area (Å²) < 4.78 is 0. The lowest BCUT2D eigenvalue weighted by Crippen LogP contribution is -2.55. The quantitative estimate of drug-likeness (QED) is 0.114. The van der Waals surface area contributed by atoms with E-state index in [2.05, 4.69) is 218 Å². The third-order valence-electron chi connectivity index (χ3n) is 22.1. The smallest absolute Gasteiger partial charge is 0.0991 e. The van der Waals surface area contributed by atoms with Crippen LogP contribution >= 0.6 is 0 Å².